The monoisotopic (exact) mass is 444 g/mol. The Bertz CT molecular complexity index is 673. The Morgan fingerprint density at radius 2 is 1.25 bits per heavy atom. The molecule has 1 fully saturated rings. The molecule has 0 saturated carbocycles. The molecule has 0 aliphatic carbocycles. The Kier molecular flexibility index (Phi) is 12.8. The molecule has 0 bridgehead atoms. The highest BCUT2D eigenvalue weighted by molar-refractivity contribution is 5.06. The lowest BCUT2D eigenvalue weighted by Crippen LogP contribution is -2.50. The largest absolute Gasteiger partial charge is 0.390 e. The minimum absolute atomic E-state index is 0.122. The molecule has 2 nitrogen and oxygen atoms in total. The van der Waals surface area contributed by atoms with E-state index in [1.165, 1.54) is 28.7 Å². The van der Waals surface area contributed by atoms with Gasteiger partial charge >= 0.3 is 0 Å². The van der Waals surface area contributed by atoms with Crippen LogP contribution < -0.4 is 0 Å². The van der Waals surface area contributed by atoms with Crippen LogP contribution >= 0.6 is 0 Å². The zero-order chi connectivity index (χ0) is 24.2. The number of rotatable bonds is 13. The molecule has 0 radical (unpaired) electrons. The summed E-state index contributed by atoms with van der Waals surface area (Å²) in [5, 5.41) is 10.8. The molecule has 2 heteroatoms. The van der Waals surface area contributed by atoms with Crippen LogP contribution in [-0.4, -0.2) is 22.4 Å². The quantitative estimate of drug-likeness (QED) is 0.227. The summed E-state index contributed by atoms with van der Waals surface area (Å²) in [6.45, 7) is 17.4. The zero-order valence-corrected chi connectivity index (χ0v) is 22.5. The summed E-state index contributed by atoms with van der Waals surface area (Å²) in [5.41, 5.74) is 5.26. The summed E-state index contributed by atoms with van der Waals surface area (Å²) >= 11 is 0. The molecule has 0 spiro atoms. The van der Waals surface area contributed by atoms with Crippen LogP contribution in [0.5, 0.6) is 0 Å². The van der Waals surface area contributed by atoms with E-state index in [2.05, 4.69) is 79.7 Å². The number of hydrogen-bond acceptors (Lipinski definition) is 2. The van der Waals surface area contributed by atoms with Crippen LogP contribution in [0.2, 0.25) is 0 Å². The lowest BCUT2D eigenvalue weighted by molar-refractivity contribution is -0.208. The van der Waals surface area contributed by atoms with E-state index >= 15 is 0 Å². The number of unbranched alkanes of at least 4 members (excludes halogenated alkanes) is 1. The van der Waals surface area contributed by atoms with Crippen LogP contribution in [0.25, 0.3) is 0 Å². The van der Waals surface area contributed by atoms with E-state index in [0.717, 1.165) is 64.2 Å². The first kappa shape index (κ1) is 28.9. The van der Waals surface area contributed by atoms with Gasteiger partial charge in [0.25, 0.3) is 0 Å². The molecular formula is C30H52O2. The number of ether oxygens (including phenoxy) is 1. The summed E-state index contributed by atoms with van der Waals surface area (Å²) in [6.07, 6.45) is 20.8. The second-order valence-corrected chi connectivity index (χ2v) is 11.2. The van der Waals surface area contributed by atoms with Gasteiger partial charge in [-0.15, -0.1) is 0 Å². The molecule has 1 aliphatic heterocycles. The Balaban J connectivity index is 2.30. The van der Waals surface area contributed by atoms with Gasteiger partial charge in [0, 0.05) is 0 Å². The molecule has 1 rings (SSSR count). The fourth-order valence-electron chi connectivity index (χ4n) is 4.60. The maximum atomic E-state index is 10.8. The van der Waals surface area contributed by atoms with Crippen LogP contribution in [0.3, 0.4) is 0 Å². The fourth-order valence-corrected chi connectivity index (χ4v) is 4.60. The smallest absolute Gasteiger partial charge is 0.0919 e. The molecule has 0 unspecified atom stereocenters. The Labute approximate surface area is 199 Å². The van der Waals surface area contributed by atoms with E-state index in [1.54, 1.807) is 0 Å². The number of hydrogen-bond donors (Lipinski definition) is 1. The second kappa shape index (κ2) is 14.2. The summed E-state index contributed by atoms with van der Waals surface area (Å²) in [4.78, 5) is 0. The highest BCUT2D eigenvalue weighted by atomic mass is 16.5. The molecule has 1 saturated heterocycles. The van der Waals surface area contributed by atoms with Gasteiger partial charge < -0.3 is 9.84 Å². The average Bonchev–Trinajstić information content (AvgIpc) is 2.68. The van der Waals surface area contributed by atoms with E-state index in [9.17, 15) is 5.11 Å². The van der Waals surface area contributed by atoms with Crippen molar-refractivity contribution < 1.29 is 9.84 Å². The van der Waals surface area contributed by atoms with Gasteiger partial charge in [0.2, 0.25) is 0 Å². The van der Waals surface area contributed by atoms with Crippen molar-refractivity contribution in [3.05, 3.63) is 46.6 Å². The van der Waals surface area contributed by atoms with Crippen molar-refractivity contribution in [3.8, 4) is 0 Å². The fraction of sp³-hybridized carbons (Fsp3) is 0.733. The topological polar surface area (TPSA) is 29.5 Å². The molecule has 1 N–H and O–H groups in total. The van der Waals surface area contributed by atoms with Gasteiger partial charge in [0.05, 0.1) is 17.3 Å². The first-order chi connectivity index (χ1) is 14.9. The van der Waals surface area contributed by atoms with Gasteiger partial charge in [-0.3, -0.25) is 0 Å². The third-order valence-electron chi connectivity index (χ3n) is 6.75. The summed E-state index contributed by atoms with van der Waals surface area (Å²) in [6, 6.07) is 0. The van der Waals surface area contributed by atoms with Crippen molar-refractivity contribution in [2.75, 3.05) is 0 Å². The van der Waals surface area contributed by atoms with Crippen molar-refractivity contribution in [1.82, 2.24) is 0 Å². The molecule has 0 aromatic carbocycles. The first-order valence-corrected chi connectivity index (χ1v) is 12.9. The third-order valence-corrected chi connectivity index (χ3v) is 6.75. The predicted molar refractivity (Wildman–Crippen MR) is 141 cm³/mol. The highest BCUT2D eigenvalue weighted by Crippen LogP contribution is 2.38. The van der Waals surface area contributed by atoms with Gasteiger partial charge in [-0.2, -0.15) is 0 Å². The molecule has 32 heavy (non-hydrogen) atoms. The van der Waals surface area contributed by atoms with Crippen molar-refractivity contribution in [2.45, 2.75) is 143 Å². The van der Waals surface area contributed by atoms with Crippen molar-refractivity contribution >= 4 is 0 Å². The number of aliphatic hydroxyl groups excluding tert-OH is 1. The first-order valence-electron chi connectivity index (χ1n) is 12.9. The van der Waals surface area contributed by atoms with Gasteiger partial charge in [-0.05, 0) is 126 Å². The third kappa shape index (κ3) is 12.2. The molecule has 1 aliphatic rings. The molecule has 0 aromatic heterocycles. The van der Waals surface area contributed by atoms with E-state index < -0.39 is 11.7 Å². The molecular weight excluding hydrogens is 392 g/mol. The van der Waals surface area contributed by atoms with E-state index in [-0.39, 0.29) is 5.60 Å². The standard InChI is InChI=1S/C30H52O2/c1-24(2)14-11-17-26(4)19-12-18-25(3)15-9-10-16-27(5)20-21-28(31)30(8)23-13-22-29(6,7)32-30/h14-16,19,28,31H,9-13,17-18,20-23H2,1-8H3/b25-15+,26-19+,27-16+/t28-,30-/m1/s1. The lowest BCUT2D eigenvalue weighted by atomic mass is 9.82. The van der Waals surface area contributed by atoms with E-state index in [1.807, 2.05) is 0 Å². The van der Waals surface area contributed by atoms with Crippen LogP contribution in [0.4, 0.5) is 0 Å². The van der Waals surface area contributed by atoms with Crippen molar-refractivity contribution in [3.63, 3.8) is 0 Å². The molecule has 2 atom stereocenters. The van der Waals surface area contributed by atoms with E-state index in [4.69, 9.17) is 4.74 Å². The van der Waals surface area contributed by atoms with E-state index in [0.29, 0.717) is 0 Å². The normalized spacial score (nSPS) is 23.2. The summed E-state index contributed by atoms with van der Waals surface area (Å²) in [7, 11) is 0. The van der Waals surface area contributed by atoms with Crippen LogP contribution in [-0.2, 0) is 4.74 Å². The highest BCUT2D eigenvalue weighted by Gasteiger charge is 2.41. The Morgan fingerprint density at radius 1 is 0.750 bits per heavy atom. The average molecular weight is 445 g/mol. The molecule has 184 valence electrons. The molecule has 1 heterocycles. The lowest BCUT2D eigenvalue weighted by Gasteiger charge is -2.46. The van der Waals surface area contributed by atoms with Crippen LogP contribution in [0.15, 0.2) is 46.6 Å². The van der Waals surface area contributed by atoms with Crippen molar-refractivity contribution in [2.24, 2.45) is 0 Å². The minimum Gasteiger partial charge on any atom is -0.390 e. The zero-order valence-electron chi connectivity index (χ0n) is 22.5. The number of aliphatic hydroxyl groups is 1. The van der Waals surface area contributed by atoms with Crippen LogP contribution in [0.1, 0.15) is 126 Å². The summed E-state index contributed by atoms with van der Waals surface area (Å²) < 4.78 is 6.27. The molecule has 0 amide bonds. The molecule has 0 aromatic rings. The van der Waals surface area contributed by atoms with Gasteiger partial charge in [0.15, 0.2) is 0 Å². The predicted octanol–water partition coefficient (Wildman–Crippen LogP) is 9.01. The minimum atomic E-state index is -0.402. The van der Waals surface area contributed by atoms with Crippen LogP contribution in [0, 0.1) is 0 Å². The maximum Gasteiger partial charge on any atom is 0.0919 e. The SMILES string of the molecule is CC(C)=CCC/C(C)=C/CC/C(C)=C/CC/C=C(\C)CC[C@@H](O)[C@@]1(C)CCCC(C)(C)O1. The van der Waals surface area contributed by atoms with Gasteiger partial charge in [-0.1, -0.05) is 46.6 Å². The maximum absolute atomic E-state index is 10.8. The summed E-state index contributed by atoms with van der Waals surface area (Å²) in [5.74, 6) is 0. The van der Waals surface area contributed by atoms with Gasteiger partial charge in [0.1, 0.15) is 0 Å². The number of allylic oxidation sites excluding steroid dienone is 8. The Morgan fingerprint density at radius 3 is 1.78 bits per heavy atom. The van der Waals surface area contributed by atoms with Gasteiger partial charge in [-0.25, -0.2) is 0 Å². The Hall–Kier alpha value is -1.12. The van der Waals surface area contributed by atoms with Crippen molar-refractivity contribution in [1.29, 1.82) is 0 Å². The second-order valence-electron chi connectivity index (χ2n) is 11.2.